The summed E-state index contributed by atoms with van der Waals surface area (Å²) in [5.74, 6) is -1.15. The fraction of sp³-hybridized carbons (Fsp3) is 0.530. The average molecular weight is 1180 g/mol. The SMILES string of the molecule is CCN(c1cc(-c2ccc(CN3CCN(CCC(=O)NCCCCCCC(=O)N[C@H](C(=O)N4C[C@H](O)C[C@H]4C(=O)NCc4ccc(-c5scnc5C)cc4)C(C)(C)C)CC3)cc2)cc(C(=O)NCc2c(C)cc(C)[nH]c2=O)c1C)C1CCOCC1. The van der Waals surface area contributed by atoms with Gasteiger partial charge in [-0.2, -0.15) is 0 Å². The quantitative estimate of drug-likeness (QED) is 0.0310. The molecule has 3 saturated heterocycles. The van der Waals surface area contributed by atoms with E-state index >= 15 is 0 Å². The molecule has 458 valence electrons. The van der Waals surface area contributed by atoms with Crippen molar-refractivity contribution in [3.63, 3.8) is 0 Å². The van der Waals surface area contributed by atoms with Gasteiger partial charge < -0.3 is 50.8 Å². The van der Waals surface area contributed by atoms with Crippen LogP contribution in [0.4, 0.5) is 5.69 Å². The number of benzene rings is 3. The topological polar surface area (TPSA) is 222 Å². The lowest BCUT2D eigenvalue weighted by molar-refractivity contribution is -0.144. The van der Waals surface area contributed by atoms with Crippen LogP contribution in [0.25, 0.3) is 21.6 Å². The lowest BCUT2D eigenvalue weighted by Crippen LogP contribution is -2.57. The van der Waals surface area contributed by atoms with Crippen molar-refractivity contribution in [2.24, 2.45) is 5.41 Å². The number of aromatic nitrogens is 2. The van der Waals surface area contributed by atoms with E-state index in [1.165, 1.54) is 10.5 Å². The monoisotopic (exact) mass is 1180 g/mol. The number of H-pyrrole nitrogens is 1. The Bertz CT molecular complexity index is 3140. The van der Waals surface area contributed by atoms with E-state index in [9.17, 15) is 33.9 Å². The Kier molecular flexibility index (Phi) is 22.7. The standard InChI is InChI=1S/C66H90N10O8S/c1-9-75(52-24-32-84-33-25-52)56-36-51(35-54(45(56)4)62(80)69-39-55-43(2)34-44(3)71-63(55)81)49-19-17-48(18-20-49)40-74-30-28-73(29-31-74)27-23-58(78)67-26-13-11-10-12-14-59(79)72-61(66(6,7)8)65(83)76-41-53(77)37-57(76)64(82)68-38-47-15-21-50(22-16-47)60-46(5)70-42-85-60/h15-22,34-36,42,52-53,57,61,77H,9-14,23-33,37-41H2,1-8H3,(H,67,78)(H,68,82)(H,69,80)(H,71,81)(H,72,79)/t53-,57+,61-/m1/s1. The Morgan fingerprint density at radius 3 is 2.15 bits per heavy atom. The van der Waals surface area contributed by atoms with Crippen LogP contribution in [0.15, 0.2) is 77.0 Å². The van der Waals surface area contributed by atoms with Gasteiger partial charge in [-0.3, -0.25) is 33.7 Å². The smallest absolute Gasteiger partial charge is 0.253 e. The van der Waals surface area contributed by atoms with Crippen LogP contribution in [0, 0.1) is 33.1 Å². The van der Waals surface area contributed by atoms with Crippen molar-refractivity contribution in [2.45, 2.75) is 157 Å². The molecule has 0 unspecified atom stereocenters. The maximum Gasteiger partial charge on any atom is 0.253 e. The molecule has 0 bridgehead atoms. The van der Waals surface area contributed by atoms with Gasteiger partial charge in [0.2, 0.25) is 23.6 Å². The summed E-state index contributed by atoms with van der Waals surface area (Å²) < 4.78 is 5.71. The Morgan fingerprint density at radius 1 is 0.800 bits per heavy atom. The van der Waals surface area contributed by atoms with E-state index in [1.54, 1.807) is 11.3 Å². The van der Waals surface area contributed by atoms with Crippen LogP contribution in [0.5, 0.6) is 0 Å². The van der Waals surface area contributed by atoms with Gasteiger partial charge in [0.25, 0.3) is 11.5 Å². The molecule has 5 amide bonds. The van der Waals surface area contributed by atoms with Crippen molar-refractivity contribution < 1.29 is 33.8 Å². The number of aryl methyl sites for hydroxylation is 3. The molecule has 3 aliphatic heterocycles. The number of hydrogen-bond acceptors (Lipinski definition) is 13. The Morgan fingerprint density at radius 2 is 1.48 bits per heavy atom. The maximum atomic E-state index is 14.1. The number of likely N-dealkylation sites (tertiary alicyclic amines) is 1. The zero-order chi connectivity index (χ0) is 60.8. The molecule has 2 aromatic heterocycles. The number of hydrogen-bond donors (Lipinski definition) is 6. The number of anilines is 1. The molecule has 3 atom stereocenters. The highest BCUT2D eigenvalue weighted by Crippen LogP contribution is 2.35. The van der Waals surface area contributed by atoms with Crippen molar-refractivity contribution in [2.75, 3.05) is 70.5 Å². The summed E-state index contributed by atoms with van der Waals surface area (Å²) >= 11 is 1.58. The van der Waals surface area contributed by atoms with Gasteiger partial charge in [-0.1, -0.05) is 82.1 Å². The maximum absolute atomic E-state index is 14.1. The predicted molar refractivity (Wildman–Crippen MR) is 335 cm³/mol. The van der Waals surface area contributed by atoms with Gasteiger partial charge in [0.05, 0.1) is 22.2 Å². The highest BCUT2D eigenvalue weighted by atomic mass is 32.1. The molecule has 3 fully saturated rings. The second kappa shape index (κ2) is 30.0. The lowest BCUT2D eigenvalue weighted by Gasteiger charge is -2.37. The number of unbranched alkanes of at least 4 members (excludes halogenated alkanes) is 3. The summed E-state index contributed by atoms with van der Waals surface area (Å²) in [6, 6.07) is 21.2. The Hall–Kier alpha value is -6.77. The van der Waals surface area contributed by atoms with Crippen LogP contribution in [-0.4, -0.2) is 149 Å². The van der Waals surface area contributed by atoms with E-state index in [2.05, 4.69) is 83.2 Å². The van der Waals surface area contributed by atoms with E-state index in [0.717, 1.165) is 127 Å². The van der Waals surface area contributed by atoms with Crippen molar-refractivity contribution in [1.82, 2.24) is 45.9 Å². The van der Waals surface area contributed by atoms with Crippen LogP contribution in [-0.2, 0) is 43.5 Å². The summed E-state index contributed by atoms with van der Waals surface area (Å²) in [7, 11) is 0. The van der Waals surface area contributed by atoms with Crippen LogP contribution >= 0.6 is 11.3 Å². The Labute approximate surface area is 505 Å². The second-order valence-electron chi connectivity index (χ2n) is 24.4. The molecule has 3 aromatic carbocycles. The number of aromatic amines is 1. The molecule has 5 aromatic rings. The number of carbonyl (C=O) groups is 5. The Balaban J connectivity index is 0.727. The highest BCUT2D eigenvalue weighted by Gasteiger charge is 2.44. The minimum Gasteiger partial charge on any atom is -0.391 e. The zero-order valence-electron chi connectivity index (χ0n) is 51.2. The van der Waals surface area contributed by atoms with Crippen LogP contribution in [0.2, 0.25) is 0 Å². The molecule has 0 saturated carbocycles. The van der Waals surface area contributed by atoms with Crippen LogP contribution in [0.3, 0.4) is 0 Å². The molecule has 6 N–H and O–H groups in total. The van der Waals surface area contributed by atoms with E-state index in [-0.39, 0.29) is 67.6 Å². The van der Waals surface area contributed by atoms with Gasteiger partial charge >= 0.3 is 0 Å². The summed E-state index contributed by atoms with van der Waals surface area (Å²) in [5.41, 5.74) is 11.8. The van der Waals surface area contributed by atoms with Crippen molar-refractivity contribution in [3.8, 4) is 21.6 Å². The first-order valence-corrected chi connectivity index (χ1v) is 31.5. The predicted octanol–water partition coefficient (Wildman–Crippen LogP) is 7.72. The first-order valence-electron chi connectivity index (χ1n) is 30.6. The van der Waals surface area contributed by atoms with Gasteiger partial charge in [0.1, 0.15) is 12.1 Å². The van der Waals surface area contributed by atoms with Crippen LogP contribution in [0.1, 0.15) is 135 Å². The number of carbonyl (C=O) groups excluding carboxylic acids is 5. The highest BCUT2D eigenvalue weighted by molar-refractivity contribution is 7.13. The number of ether oxygens (including phenoxy) is 1. The summed E-state index contributed by atoms with van der Waals surface area (Å²) in [5, 5.41) is 22.7. The number of aliphatic hydroxyl groups excluding tert-OH is 1. The lowest BCUT2D eigenvalue weighted by atomic mass is 9.85. The number of rotatable bonds is 25. The van der Waals surface area contributed by atoms with Gasteiger partial charge in [0, 0.05) is 133 Å². The van der Waals surface area contributed by atoms with Crippen molar-refractivity contribution in [1.29, 1.82) is 0 Å². The number of pyridine rings is 1. The number of piperazine rings is 1. The molecule has 0 radical (unpaired) electrons. The summed E-state index contributed by atoms with van der Waals surface area (Å²) in [6.07, 6.45) is 4.86. The molecular formula is C66H90N10O8S. The van der Waals surface area contributed by atoms with Crippen molar-refractivity contribution in [3.05, 3.63) is 127 Å². The number of β-amino-alcohol motifs (C(OH)–C–C–N with tert-alkyl or cyclic N) is 1. The molecule has 0 aliphatic carbocycles. The van der Waals surface area contributed by atoms with Gasteiger partial charge in [0.15, 0.2) is 0 Å². The van der Waals surface area contributed by atoms with Crippen LogP contribution < -0.4 is 31.7 Å². The fourth-order valence-corrected chi connectivity index (χ4v) is 12.8. The second-order valence-corrected chi connectivity index (χ2v) is 25.3. The molecule has 0 spiro atoms. The third-order valence-corrected chi connectivity index (χ3v) is 18.0. The van der Waals surface area contributed by atoms with Gasteiger partial charge in [-0.25, -0.2) is 4.98 Å². The molecule has 18 nitrogen and oxygen atoms in total. The van der Waals surface area contributed by atoms with E-state index in [1.807, 2.05) is 90.4 Å². The number of amides is 5. The molecular weight excluding hydrogens is 1090 g/mol. The van der Waals surface area contributed by atoms with Gasteiger partial charge in [-0.05, 0) is 123 Å². The number of aliphatic hydroxyl groups is 1. The summed E-state index contributed by atoms with van der Waals surface area (Å²) in [6.45, 7) is 23.8. The minimum absolute atomic E-state index is 0.0128. The molecule has 5 heterocycles. The largest absolute Gasteiger partial charge is 0.391 e. The number of thiazole rings is 1. The number of nitrogens with zero attached hydrogens (tertiary/aromatic N) is 5. The molecule has 19 heteroatoms. The fourth-order valence-electron chi connectivity index (χ4n) is 12.0. The van der Waals surface area contributed by atoms with Gasteiger partial charge in [-0.15, -0.1) is 11.3 Å². The zero-order valence-corrected chi connectivity index (χ0v) is 52.1. The third-order valence-electron chi connectivity index (χ3n) is 17.0. The first-order chi connectivity index (χ1) is 40.8. The molecule has 85 heavy (non-hydrogen) atoms. The third kappa shape index (κ3) is 17.5. The summed E-state index contributed by atoms with van der Waals surface area (Å²) in [4.78, 5) is 97.5. The average Bonchev–Trinajstić information content (AvgIpc) is 4.10. The molecule has 8 rings (SSSR count). The van der Waals surface area contributed by atoms with E-state index < -0.39 is 23.6 Å². The normalized spacial score (nSPS) is 17.4. The van der Waals surface area contributed by atoms with Crippen molar-refractivity contribution >= 4 is 46.6 Å². The molecule has 3 aliphatic rings. The number of nitrogens with one attached hydrogen (secondary N) is 5. The van der Waals surface area contributed by atoms with E-state index in [4.69, 9.17) is 4.74 Å². The minimum atomic E-state index is -0.886. The van der Waals surface area contributed by atoms with E-state index in [0.29, 0.717) is 56.3 Å². The first kappa shape index (κ1) is 64.2.